The van der Waals surface area contributed by atoms with Crippen LogP contribution in [0.1, 0.15) is 29.4 Å². The largest absolute Gasteiger partial charge is 0.350 e. The summed E-state index contributed by atoms with van der Waals surface area (Å²) >= 11 is 1.38. The number of Topliss-reactive ketones (excluding diaryl/α,β-unsaturated/α-hetero) is 1. The fourth-order valence-corrected chi connectivity index (χ4v) is 4.37. The van der Waals surface area contributed by atoms with Gasteiger partial charge in [-0.2, -0.15) is 4.37 Å². The van der Waals surface area contributed by atoms with E-state index in [-0.39, 0.29) is 5.78 Å². The molecule has 5 nitrogen and oxygen atoms in total. The van der Waals surface area contributed by atoms with E-state index in [0.717, 1.165) is 43.8 Å². The molecule has 0 aliphatic carbocycles. The molecule has 0 bridgehead atoms. The van der Waals surface area contributed by atoms with Crippen LogP contribution in [0.3, 0.4) is 0 Å². The summed E-state index contributed by atoms with van der Waals surface area (Å²) in [6, 6.07) is 16.6. The maximum atomic E-state index is 12.4. The molecule has 0 aliphatic heterocycles. The number of aromatic amines is 1. The first-order valence-electron chi connectivity index (χ1n) is 9.21. The Balaban J connectivity index is 1.87. The van der Waals surface area contributed by atoms with Gasteiger partial charge in [0.25, 0.3) is 0 Å². The van der Waals surface area contributed by atoms with Gasteiger partial charge in [0, 0.05) is 17.2 Å². The van der Waals surface area contributed by atoms with Crippen molar-refractivity contribution < 1.29 is 4.79 Å². The minimum atomic E-state index is 0.126. The topological polar surface area (TPSA) is 63.6 Å². The van der Waals surface area contributed by atoms with Crippen LogP contribution in [0, 0.1) is 6.92 Å². The summed E-state index contributed by atoms with van der Waals surface area (Å²) in [6.07, 6.45) is 2.06. The molecule has 3 heterocycles. The van der Waals surface area contributed by atoms with Gasteiger partial charge in [0.05, 0.1) is 28.1 Å². The van der Waals surface area contributed by atoms with Gasteiger partial charge in [-0.05, 0) is 42.2 Å². The van der Waals surface area contributed by atoms with Gasteiger partial charge < -0.3 is 9.55 Å². The number of fused-ring (bicyclic) bond motifs is 2. The van der Waals surface area contributed by atoms with Crippen molar-refractivity contribution >= 4 is 39.1 Å². The third-order valence-electron chi connectivity index (χ3n) is 5.20. The van der Waals surface area contributed by atoms with Crippen molar-refractivity contribution in [3.63, 3.8) is 0 Å². The average molecular weight is 386 g/mol. The van der Waals surface area contributed by atoms with E-state index in [4.69, 9.17) is 0 Å². The Hall–Kier alpha value is -3.25. The summed E-state index contributed by atoms with van der Waals surface area (Å²) in [5.41, 5.74) is 5.74. The zero-order valence-corrected chi connectivity index (χ0v) is 16.4. The Labute approximate surface area is 165 Å². The van der Waals surface area contributed by atoms with E-state index >= 15 is 0 Å². The highest BCUT2D eigenvalue weighted by Gasteiger charge is 2.20. The molecule has 5 aromatic rings. The molecular weight excluding hydrogens is 368 g/mol. The van der Waals surface area contributed by atoms with Crippen molar-refractivity contribution in [3.05, 3.63) is 66.1 Å². The molecule has 0 amide bonds. The van der Waals surface area contributed by atoms with Crippen LogP contribution in [0.4, 0.5) is 0 Å². The lowest BCUT2D eigenvalue weighted by atomic mass is 10.1. The van der Waals surface area contributed by atoms with Crippen LogP contribution >= 0.6 is 11.5 Å². The number of aromatic nitrogens is 4. The van der Waals surface area contributed by atoms with Crippen molar-refractivity contribution in [2.24, 2.45) is 0 Å². The minimum absolute atomic E-state index is 0.126. The van der Waals surface area contributed by atoms with E-state index in [0.29, 0.717) is 12.1 Å². The number of hydrogen-bond donors (Lipinski definition) is 1. The Bertz CT molecular complexity index is 1330. The molecule has 0 atom stereocenters. The van der Waals surface area contributed by atoms with Gasteiger partial charge >= 0.3 is 0 Å². The monoisotopic (exact) mass is 386 g/mol. The molecule has 0 spiro atoms. The Kier molecular flexibility index (Phi) is 3.87. The number of carbonyl (C=O) groups is 1. The Morgan fingerprint density at radius 1 is 1.18 bits per heavy atom. The highest BCUT2D eigenvalue weighted by Crippen LogP contribution is 2.35. The molecule has 138 valence electrons. The number of aryl methyl sites for hydroxylation is 1. The summed E-state index contributed by atoms with van der Waals surface area (Å²) in [5.74, 6) is 0.126. The van der Waals surface area contributed by atoms with E-state index in [1.54, 1.807) is 6.33 Å². The van der Waals surface area contributed by atoms with Gasteiger partial charge in [-0.3, -0.25) is 4.79 Å². The summed E-state index contributed by atoms with van der Waals surface area (Å²) in [5, 5.41) is 3.06. The molecular formula is C22H18N4OS. The number of benzene rings is 2. The van der Waals surface area contributed by atoms with Crippen LogP contribution in [-0.2, 0) is 0 Å². The second-order valence-corrected chi connectivity index (χ2v) is 7.55. The van der Waals surface area contributed by atoms with Crippen LogP contribution in [-0.4, -0.2) is 24.7 Å². The minimum Gasteiger partial charge on any atom is -0.350 e. The summed E-state index contributed by atoms with van der Waals surface area (Å²) in [7, 11) is 0. The molecule has 6 heteroatoms. The van der Waals surface area contributed by atoms with Crippen LogP contribution in [0.2, 0.25) is 0 Å². The molecule has 0 saturated heterocycles. The fourth-order valence-electron chi connectivity index (χ4n) is 3.84. The SMILES string of the molecule is CCC(=O)c1[nH]c2c(-n3c(-c4ncns4)cc4ccccc43)cccc2c1C. The molecule has 0 saturated carbocycles. The lowest BCUT2D eigenvalue weighted by Gasteiger charge is -2.11. The first kappa shape index (κ1) is 16.9. The van der Waals surface area contributed by atoms with E-state index in [1.807, 2.05) is 32.0 Å². The predicted octanol–water partition coefficient (Wildman–Crippen LogP) is 5.53. The average Bonchev–Trinajstić information content (AvgIpc) is 3.44. The molecule has 0 aliphatic rings. The summed E-state index contributed by atoms with van der Waals surface area (Å²) < 4.78 is 6.39. The van der Waals surface area contributed by atoms with Crippen molar-refractivity contribution in [1.29, 1.82) is 0 Å². The standard InChI is InChI=1S/C22H18N4OS/c1-3-19(27)20-13(2)15-8-6-10-17(21(15)25-20)26-16-9-5-4-7-14(16)11-18(26)22-23-12-24-28-22/h4-12,25H,3H2,1-2H3. The molecule has 1 N–H and O–H groups in total. The van der Waals surface area contributed by atoms with Gasteiger partial charge in [-0.25, -0.2) is 4.98 Å². The Morgan fingerprint density at radius 2 is 2.04 bits per heavy atom. The van der Waals surface area contributed by atoms with Crippen molar-refractivity contribution in [1.82, 2.24) is 18.9 Å². The van der Waals surface area contributed by atoms with Gasteiger partial charge in [-0.15, -0.1) is 0 Å². The normalized spacial score (nSPS) is 11.5. The van der Waals surface area contributed by atoms with Gasteiger partial charge in [0.2, 0.25) is 0 Å². The number of H-pyrrole nitrogens is 1. The molecule has 3 aromatic heterocycles. The summed E-state index contributed by atoms with van der Waals surface area (Å²) in [4.78, 5) is 20.3. The van der Waals surface area contributed by atoms with Crippen LogP contribution in [0.5, 0.6) is 0 Å². The van der Waals surface area contributed by atoms with Gasteiger partial charge in [0.15, 0.2) is 10.8 Å². The predicted molar refractivity (Wildman–Crippen MR) is 113 cm³/mol. The third-order valence-corrected chi connectivity index (χ3v) is 5.89. The van der Waals surface area contributed by atoms with E-state index in [2.05, 4.69) is 49.2 Å². The molecule has 0 fully saturated rings. The number of nitrogens with zero attached hydrogens (tertiary/aromatic N) is 3. The molecule has 0 unspecified atom stereocenters. The number of hydrogen-bond acceptors (Lipinski definition) is 4. The first-order valence-corrected chi connectivity index (χ1v) is 9.98. The number of carbonyl (C=O) groups excluding carboxylic acids is 1. The lowest BCUT2D eigenvalue weighted by Crippen LogP contribution is -1.99. The van der Waals surface area contributed by atoms with E-state index < -0.39 is 0 Å². The zero-order valence-electron chi connectivity index (χ0n) is 15.6. The second-order valence-electron chi connectivity index (χ2n) is 6.77. The number of rotatable bonds is 4. The third kappa shape index (κ3) is 2.42. The lowest BCUT2D eigenvalue weighted by molar-refractivity contribution is 0.0983. The molecule has 0 radical (unpaired) electrons. The quantitative estimate of drug-likeness (QED) is 0.413. The highest BCUT2D eigenvalue weighted by molar-refractivity contribution is 7.09. The molecule has 2 aromatic carbocycles. The molecule has 28 heavy (non-hydrogen) atoms. The van der Waals surface area contributed by atoms with E-state index in [9.17, 15) is 4.79 Å². The maximum Gasteiger partial charge on any atom is 0.179 e. The highest BCUT2D eigenvalue weighted by atomic mass is 32.1. The zero-order chi connectivity index (χ0) is 19.3. The number of para-hydroxylation sites is 2. The van der Waals surface area contributed by atoms with Crippen molar-refractivity contribution in [2.75, 3.05) is 0 Å². The second kappa shape index (κ2) is 6.42. The Morgan fingerprint density at radius 3 is 2.82 bits per heavy atom. The smallest absolute Gasteiger partial charge is 0.179 e. The van der Waals surface area contributed by atoms with E-state index in [1.165, 1.54) is 11.5 Å². The van der Waals surface area contributed by atoms with Crippen molar-refractivity contribution in [2.45, 2.75) is 20.3 Å². The van der Waals surface area contributed by atoms with Crippen molar-refractivity contribution in [3.8, 4) is 16.4 Å². The maximum absolute atomic E-state index is 12.4. The van der Waals surface area contributed by atoms with Gasteiger partial charge in [-0.1, -0.05) is 37.3 Å². The van der Waals surface area contributed by atoms with Crippen LogP contribution in [0.25, 0.3) is 38.2 Å². The number of ketones is 1. The van der Waals surface area contributed by atoms with Crippen LogP contribution < -0.4 is 0 Å². The van der Waals surface area contributed by atoms with Crippen LogP contribution in [0.15, 0.2) is 54.9 Å². The number of nitrogens with one attached hydrogen (secondary N) is 1. The molecule has 5 rings (SSSR count). The van der Waals surface area contributed by atoms with Gasteiger partial charge in [0.1, 0.15) is 6.33 Å². The fraction of sp³-hybridized carbons (Fsp3) is 0.136. The first-order chi connectivity index (χ1) is 13.7. The summed E-state index contributed by atoms with van der Waals surface area (Å²) in [6.45, 7) is 3.89.